The van der Waals surface area contributed by atoms with Gasteiger partial charge in [-0.3, -0.25) is 14.5 Å². The van der Waals surface area contributed by atoms with Gasteiger partial charge in [0, 0.05) is 43.7 Å². The molecule has 0 spiro atoms. The number of nitrogens with zero attached hydrogens (tertiary/aromatic N) is 4. The molecule has 138 valence electrons. The van der Waals surface area contributed by atoms with Crippen molar-refractivity contribution in [3.8, 4) is 22.3 Å². The summed E-state index contributed by atoms with van der Waals surface area (Å²) in [5.41, 5.74) is 6.82. The molecule has 0 atom stereocenters. The van der Waals surface area contributed by atoms with E-state index in [0.717, 1.165) is 33.5 Å². The molecule has 3 heterocycles. The molecule has 4 rings (SSSR count). The summed E-state index contributed by atoms with van der Waals surface area (Å²) >= 11 is 0. The van der Waals surface area contributed by atoms with Crippen molar-refractivity contribution in [1.29, 1.82) is 0 Å². The van der Waals surface area contributed by atoms with E-state index >= 15 is 0 Å². The molecule has 27 heavy (non-hydrogen) atoms. The van der Waals surface area contributed by atoms with Crippen molar-refractivity contribution in [3.05, 3.63) is 59.7 Å². The van der Waals surface area contributed by atoms with Gasteiger partial charge in [0.15, 0.2) is 0 Å². The number of benzene rings is 1. The van der Waals surface area contributed by atoms with Crippen molar-refractivity contribution < 1.29 is 9.53 Å². The van der Waals surface area contributed by atoms with E-state index in [1.165, 1.54) is 0 Å². The topological polar surface area (TPSA) is 60.3 Å². The first-order chi connectivity index (χ1) is 13.1. The summed E-state index contributed by atoms with van der Waals surface area (Å²) < 4.78 is 6.91. The van der Waals surface area contributed by atoms with E-state index in [4.69, 9.17) is 4.74 Å². The van der Waals surface area contributed by atoms with Gasteiger partial charge in [-0.25, -0.2) is 0 Å². The Balaban J connectivity index is 1.88. The first-order valence-electron chi connectivity index (χ1n) is 8.95. The Morgan fingerprint density at radius 3 is 2.81 bits per heavy atom. The molecule has 0 N–H and O–H groups in total. The van der Waals surface area contributed by atoms with Crippen LogP contribution in [0.4, 0.5) is 0 Å². The van der Waals surface area contributed by atoms with Crippen molar-refractivity contribution in [2.45, 2.75) is 20.0 Å². The molecule has 1 aliphatic rings. The van der Waals surface area contributed by atoms with Gasteiger partial charge in [0.25, 0.3) is 5.91 Å². The van der Waals surface area contributed by atoms with Gasteiger partial charge in [-0.15, -0.1) is 0 Å². The van der Waals surface area contributed by atoms with E-state index in [0.29, 0.717) is 25.4 Å². The van der Waals surface area contributed by atoms with Crippen molar-refractivity contribution in [3.63, 3.8) is 0 Å². The molecule has 0 fully saturated rings. The number of fused-ring (bicyclic) bond motifs is 3. The number of carbonyl (C=O) groups excluding carboxylic acids is 1. The van der Waals surface area contributed by atoms with Crippen LogP contribution in [0, 0.1) is 6.92 Å². The smallest absolute Gasteiger partial charge is 0.272 e. The molecule has 0 saturated heterocycles. The third-order valence-electron chi connectivity index (χ3n) is 5.02. The Bertz CT molecular complexity index is 1010. The second-order valence-corrected chi connectivity index (χ2v) is 6.79. The van der Waals surface area contributed by atoms with Crippen molar-refractivity contribution in [2.75, 3.05) is 20.8 Å². The van der Waals surface area contributed by atoms with Crippen LogP contribution in [-0.4, -0.2) is 46.3 Å². The fraction of sp³-hybridized carbons (Fsp3) is 0.286. The second kappa shape index (κ2) is 6.96. The summed E-state index contributed by atoms with van der Waals surface area (Å²) in [4.78, 5) is 19.1. The van der Waals surface area contributed by atoms with Gasteiger partial charge >= 0.3 is 0 Å². The lowest BCUT2D eigenvalue weighted by molar-refractivity contribution is 0.0773. The maximum absolute atomic E-state index is 13.0. The fourth-order valence-corrected chi connectivity index (χ4v) is 3.59. The normalized spacial score (nSPS) is 13.3. The highest BCUT2D eigenvalue weighted by molar-refractivity contribution is 6.01. The number of ether oxygens (including phenoxy) is 1. The zero-order valence-corrected chi connectivity index (χ0v) is 15.8. The van der Waals surface area contributed by atoms with Gasteiger partial charge in [0.1, 0.15) is 5.69 Å². The Morgan fingerprint density at radius 1 is 1.19 bits per heavy atom. The zero-order chi connectivity index (χ0) is 19.0. The molecule has 1 aromatic carbocycles. The minimum atomic E-state index is -0.0195. The maximum atomic E-state index is 13.0. The molecule has 0 saturated carbocycles. The molecule has 1 amide bonds. The third-order valence-corrected chi connectivity index (χ3v) is 5.02. The standard InChI is InChI=1S/C21H22N4O2/c1-14-17(5-4-8-22-14)15-6-7-16-13-24(2)21(26)20-19(18(16)11-15)12-23-25(20)9-10-27-3/h4-8,11-12H,9-10,13H2,1-3H3. The number of amides is 1. The van der Waals surface area contributed by atoms with Crippen LogP contribution in [0.25, 0.3) is 22.3 Å². The third kappa shape index (κ3) is 3.02. The van der Waals surface area contributed by atoms with Crippen LogP contribution < -0.4 is 0 Å². The predicted molar refractivity (Wildman–Crippen MR) is 103 cm³/mol. The van der Waals surface area contributed by atoms with E-state index < -0.39 is 0 Å². The average molecular weight is 362 g/mol. The highest BCUT2D eigenvalue weighted by atomic mass is 16.5. The van der Waals surface area contributed by atoms with Crippen molar-refractivity contribution in [2.24, 2.45) is 0 Å². The molecular formula is C21H22N4O2. The van der Waals surface area contributed by atoms with E-state index in [9.17, 15) is 4.79 Å². The van der Waals surface area contributed by atoms with Gasteiger partial charge in [0.05, 0.1) is 19.3 Å². The van der Waals surface area contributed by atoms with Crippen molar-refractivity contribution in [1.82, 2.24) is 19.7 Å². The molecule has 0 unspecified atom stereocenters. The summed E-state index contributed by atoms with van der Waals surface area (Å²) in [6, 6.07) is 10.4. The number of pyridine rings is 1. The number of hydrogen-bond acceptors (Lipinski definition) is 4. The van der Waals surface area contributed by atoms with Crippen LogP contribution in [0.15, 0.2) is 42.7 Å². The largest absolute Gasteiger partial charge is 0.383 e. The van der Waals surface area contributed by atoms with E-state index in [1.54, 1.807) is 29.1 Å². The maximum Gasteiger partial charge on any atom is 0.272 e. The van der Waals surface area contributed by atoms with E-state index in [1.807, 2.05) is 20.0 Å². The molecule has 0 aliphatic carbocycles. The molecular weight excluding hydrogens is 340 g/mol. The second-order valence-electron chi connectivity index (χ2n) is 6.79. The van der Waals surface area contributed by atoms with Gasteiger partial charge in [-0.1, -0.05) is 18.2 Å². The first kappa shape index (κ1) is 17.4. The van der Waals surface area contributed by atoms with Gasteiger partial charge in [-0.05, 0) is 35.7 Å². The summed E-state index contributed by atoms with van der Waals surface area (Å²) in [6.07, 6.45) is 3.59. The average Bonchev–Trinajstić information content (AvgIpc) is 3.06. The Labute approximate surface area is 158 Å². The lowest BCUT2D eigenvalue weighted by Gasteiger charge is -2.16. The number of aryl methyl sites for hydroxylation is 1. The lowest BCUT2D eigenvalue weighted by atomic mass is 9.95. The summed E-state index contributed by atoms with van der Waals surface area (Å²) in [7, 11) is 3.47. The molecule has 6 heteroatoms. The SMILES string of the molecule is COCCn1ncc2c1C(=O)N(C)Cc1ccc(-c3cccnc3C)cc1-2. The zero-order valence-electron chi connectivity index (χ0n) is 15.8. The van der Waals surface area contributed by atoms with Gasteiger partial charge in [-0.2, -0.15) is 5.10 Å². The lowest BCUT2D eigenvalue weighted by Crippen LogP contribution is -2.28. The molecule has 0 radical (unpaired) electrons. The summed E-state index contributed by atoms with van der Waals surface area (Å²) in [5.74, 6) is -0.0195. The number of hydrogen-bond donors (Lipinski definition) is 0. The first-order valence-corrected chi connectivity index (χ1v) is 8.95. The fourth-order valence-electron chi connectivity index (χ4n) is 3.59. The number of rotatable bonds is 4. The minimum Gasteiger partial charge on any atom is -0.383 e. The minimum absolute atomic E-state index is 0.0195. The Morgan fingerprint density at radius 2 is 2.04 bits per heavy atom. The van der Waals surface area contributed by atoms with Crippen LogP contribution >= 0.6 is 0 Å². The Hall–Kier alpha value is -2.99. The molecule has 6 nitrogen and oxygen atoms in total. The van der Waals surface area contributed by atoms with Crippen LogP contribution in [0.1, 0.15) is 21.7 Å². The quantitative estimate of drug-likeness (QED) is 0.715. The molecule has 1 aliphatic heterocycles. The Kier molecular flexibility index (Phi) is 4.49. The molecule has 2 aromatic heterocycles. The molecule has 0 bridgehead atoms. The van der Waals surface area contributed by atoms with E-state index in [-0.39, 0.29) is 5.91 Å². The highest BCUT2D eigenvalue weighted by Crippen LogP contribution is 2.35. The van der Waals surface area contributed by atoms with Crippen LogP contribution in [0.3, 0.4) is 0 Å². The van der Waals surface area contributed by atoms with Gasteiger partial charge in [0.2, 0.25) is 0 Å². The molecule has 3 aromatic rings. The number of aromatic nitrogens is 3. The van der Waals surface area contributed by atoms with Crippen LogP contribution in [-0.2, 0) is 17.8 Å². The monoisotopic (exact) mass is 362 g/mol. The number of methoxy groups -OCH3 is 1. The highest BCUT2D eigenvalue weighted by Gasteiger charge is 2.28. The van der Waals surface area contributed by atoms with Crippen LogP contribution in [0.2, 0.25) is 0 Å². The van der Waals surface area contributed by atoms with Crippen molar-refractivity contribution >= 4 is 5.91 Å². The van der Waals surface area contributed by atoms with E-state index in [2.05, 4.69) is 34.3 Å². The summed E-state index contributed by atoms with van der Waals surface area (Å²) in [5, 5.41) is 4.46. The summed E-state index contributed by atoms with van der Waals surface area (Å²) in [6.45, 7) is 3.63. The predicted octanol–water partition coefficient (Wildman–Crippen LogP) is 3.15. The van der Waals surface area contributed by atoms with Gasteiger partial charge < -0.3 is 9.64 Å². The van der Waals surface area contributed by atoms with Crippen LogP contribution in [0.5, 0.6) is 0 Å². The number of carbonyl (C=O) groups is 1.